The topological polar surface area (TPSA) is 35.2 Å². The van der Waals surface area contributed by atoms with Crippen LogP contribution in [0.25, 0.3) is 0 Å². The van der Waals surface area contributed by atoms with E-state index in [1.54, 1.807) is 0 Å². The van der Waals surface area contributed by atoms with Crippen molar-refractivity contribution in [3.63, 3.8) is 0 Å². The Morgan fingerprint density at radius 1 is 1.36 bits per heavy atom. The predicted molar refractivity (Wildman–Crippen MR) is 44.7 cm³/mol. The van der Waals surface area contributed by atoms with Crippen molar-refractivity contribution in [2.75, 3.05) is 13.2 Å². The minimum atomic E-state index is -4.08. The van der Waals surface area contributed by atoms with Gasteiger partial charge in [0.1, 0.15) is 6.61 Å². The fraction of sp³-hybridized carbons (Fsp3) is 1.00. The van der Waals surface area contributed by atoms with Gasteiger partial charge in [0.05, 0.1) is 6.61 Å². The maximum Gasteiger partial charge on any atom is 0.330 e. The molecule has 6 heteroatoms. The third-order valence-electron chi connectivity index (χ3n) is 1.61. The standard InChI is InChI=1S/C8H15F4NO/c1-2-3-6(13)4-14-5-8(11,12)7(9)10/h6-7H,2-5,13H2,1H3/t6-/m0/s1. The van der Waals surface area contributed by atoms with Crippen molar-refractivity contribution in [2.45, 2.75) is 38.2 Å². The van der Waals surface area contributed by atoms with Crippen molar-refractivity contribution in [1.29, 1.82) is 0 Å². The van der Waals surface area contributed by atoms with Gasteiger partial charge in [-0.25, -0.2) is 8.78 Å². The normalized spacial score (nSPS) is 14.8. The summed E-state index contributed by atoms with van der Waals surface area (Å²) in [5, 5.41) is 0. The van der Waals surface area contributed by atoms with E-state index in [1.807, 2.05) is 6.92 Å². The number of nitrogens with two attached hydrogens (primary N) is 1. The predicted octanol–water partition coefficient (Wildman–Crippen LogP) is 2.03. The van der Waals surface area contributed by atoms with Crippen LogP contribution in [-0.4, -0.2) is 31.6 Å². The van der Waals surface area contributed by atoms with Crippen LogP contribution in [0.4, 0.5) is 17.6 Å². The first-order valence-electron chi connectivity index (χ1n) is 4.39. The van der Waals surface area contributed by atoms with Crippen LogP contribution in [0.1, 0.15) is 19.8 Å². The van der Waals surface area contributed by atoms with E-state index in [0.29, 0.717) is 6.42 Å². The van der Waals surface area contributed by atoms with Crippen LogP contribution >= 0.6 is 0 Å². The Hall–Kier alpha value is -0.360. The number of alkyl halides is 4. The zero-order valence-corrected chi connectivity index (χ0v) is 7.98. The van der Waals surface area contributed by atoms with Gasteiger partial charge in [0.2, 0.25) is 0 Å². The van der Waals surface area contributed by atoms with Crippen LogP contribution in [0.2, 0.25) is 0 Å². The van der Waals surface area contributed by atoms with Crippen LogP contribution in [0, 0.1) is 0 Å². The average molecular weight is 217 g/mol. The van der Waals surface area contributed by atoms with E-state index in [4.69, 9.17) is 5.73 Å². The van der Waals surface area contributed by atoms with Gasteiger partial charge in [-0.3, -0.25) is 0 Å². The number of ether oxygens (including phenoxy) is 1. The molecule has 0 saturated heterocycles. The summed E-state index contributed by atoms with van der Waals surface area (Å²) in [6.07, 6.45) is -2.26. The van der Waals surface area contributed by atoms with Gasteiger partial charge in [-0.2, -0.15) is 8.78 Å². The quantitative estimate of drug-likeness (QED) is 0.662. The molecule has 2 nitrogen and oxygen atoms in total. The summed E-state index contributed by atoms with van der Waals surface area (Å²) in [6, 6.07) is -0.367. The van der Waals surface area contributed by atoms with E-state index in [1.165, 1.54) is 0 Å². The fourth-order valence-electron chi connectivity index (χ4n) is 0.863. The summed E-state index contributed by atoms with van der Waals surface area (Å²) in [5.74, 6) is -4.08. The Morgan fingerprint density at radius 2 is 1.93 bits per heavy atom. The summed E-state index contributed by atoms with van der Waals surface area (Å²) in [7, 11) is 0. The highest BCUT2D eigenvalue weighted by Crippen LogP contribution is 2.22. The molecular formula is C8H15F4NO. The zero-order valence-electron chi connectivity index (χ0n) is 7.98. The summed E-state index contributed by atoms with van der Waals surface area (Å²) in [5.41, 5.74) is 5.43. The lowest BCUT2D eigenvalue weighted by Gasteiger charge is -2.17. The first-order chi connectivity index (χ1) is 6.40. The molecule has 0 aliphatic heterocycles. The van der Waals surface area contributed by atoms with Gasteiger partial charge >= 0.3 is 12.3 Å². The second kappa shape index (κ2) is 6.19. The fourth-order valence-corrected chi connectivity index (χ4v) is 0.863. The molecule has 0 unspecified atom stereocenters. The summed E-state index contributed by atoms with van der Waals surface area (Å²) in [6.45, 7) is 0.492. The zero-order chi connectivity index (χ0) is 11.2. The lowest BCUT2D eigenvalue weighted by atomic mass is 10.2. The number of hydrogen-bond donors (Lipinski definition) is 1. The van der Waals surface area contributed by atoms with E-state index in [0.717, 1.165) is 6.42 Å². The first-order valence-corrected chi connectivity index (χ1v) is 4.39. The molecule has 0 fully saturated rings. The van der Waals surface area contributed by atoms with Gasteiger partial charge in [-0.15, -0.1) is 0 Å². The van der Waals surface area contributed by atoms with Crippen molar-refractivity contribution >= 4 is 0 Å². The lowest BCUT2D eigenvalue weighted by Crippen LogP contribution is -2.35. The third-order valence-corrected chi connectivity index (χ3v) is 1.61. The lowest BCUT2D eigenvalue weighted by molar-refractivity contribution is -0.166. The molecule has 0 spiro atoms. The molecule has 0 aliphatic carbocycles. The number of rotatable bonds is 7. The molecule has 1 atom stereocenters. The highest BCUT2D eigenvalue weighted by molar-refractivity contribution is 4.68. The SMILES string of the molecule is CCC[C@H](N)COCC(F)(F)C(F)F. The minimum absolute atomic E-state index is 0.115. The molecule has 0 rings (SSSR count). The Labute approximate surface area is 80.4 Å². The molecule has 0 aromatic carbocycles. The van der Waals surface area contributed by atoms with Gasteiger partial charge in [-0.1, -0.05) is 13.3 Å². The molecule has 0 bridgehead atoms. The molecule has 0 aromatic rings. The van der Waals surface area contributed by atoms with Gasteiger partial charge < -0.3 is 10.5 Å². The average Bonchev–Trinajstić information content (AvgIpc) is 2.04. The van der Waals surface area contributed by atoms with E-state index in [2.05, 4.69) is 4.74 Å². The number of halogens is 4. The van der Waals surface area contributed by atoms with E-state index in [-0.39, 0.29) is 12.6 Å². The molecule has 0 aromatic heterocycles. The van der Waals surface area contributed by atoms with Crippen molar-refractivity contribution in [1.82, 2.24) is 0 Å². The second-order valence-corrected chi connectivity index (χ2v) is 3.13. The van der Waals surface area contributed by atoms with Crippen LogP contribution in [-0.2, 0) is 4.74 Å². The van der Waals surface area contributed by atoms with Crippen molar-refractivity contribution in [3.05, 3.63) is 0 Å². The van der Waals surface area contributed by atoms with E-state index < -0.39 is 19.0 Å². The Bertz CT molecular complexity index is 154. The van der Waals surface area contributed by atoms with Crippen molar-refractivity contribution < 1.29 is 22.3 Å². The molecule has 0 saturated carbocycles. The maximum absolute atomic E-state index is 12.3. The number of hydrogen-bond acceptors (Lipinski definition) is 2. The Morgan fingerprint density at radius 3 is 2.36 bits per heavy atom. The van der Waals surface area contributed by atoms with E-state index in [9.17, 15) is 17.6 Å². The molecule has 0 amide bonds. The van der Waals surface area contributed by atoms with E-state index >= 15 is 0 Å². The highest BCUT2D eigenvalue weighted by atomic mass is 19.3. The third kappa shape index (κ3) is 5.39. The molecule has 2 N–H and O–H groups in total. The van der Waals surface area contributed by atoms with Crippen molar-refractivity contribution in [3.8, 4) is 0 Å². The van der Waals surface area contributed by atoms with Gasteiger partial charge in [0, 0.05) is 6.04 Å². The highest BCUT2D eigenvalue weighted by Gasteiger charge is 2.40. The Kier molecular flexibility index (Phi) is 6.03. The monoisotopic (exact) mass is 217 g/mol. The molecule has 0 heterocycles. The smallest absolute Gasteiger partial charge is 0.330 e. The largest absolute Gasteiger partial charge is 0.373 e. The van der Waals surface area contributed by atoms with Crippen molar-refractivity contribution in [2.24, 2.45) is 5.73 Å². The molecule has 14 heavy (non-hydrogen) atoms. The van der Waals surface area contributed by atoms with Gasteiger partial charge in [0.25, 0.3) is 0 Å². The van der Waals surface area contributed by atoms with Crippen LogP contribution in [0.3, 0.4) is 0 Å². The first kappa shape index (κ1) is 13.6. The molecule has 0 aliphatic rings. The minimum Gasteiger partial charge on any atom is -0.373 e. The van der Waals surface area contributed by atoms with Gasteiger partial charge in [0.15, 0.2) is 0 Å². The molecular weight excluding hydrogens is 202 g/mol. The molecule has 86 valence electrons. The second-order valence-electron chi connectivity index (χ2n) is 3.13. The van der Waals surface area contributed by atoms with Crippen LogP contribution in [0.5, 0.6) is 0 Å². The van der Waals surface area contributed by atoms with Crippen LogP contribution < -0.4 is 5.73 Å². The Balaban J connectivity index is 3.62. The van der Waals surface area contributed by atoms with Gasteiger partial charge in [-0.05, 0) is 6.42 Å². The van der Waals surface area contributed by atoms with Crippen LogP contribution in [0.15, 0.2) is 0 Å². The maximum atomic E-state index is 12.3. The molecule has 0 radical (unpaired) electrons. The summed E-state index contributed by atoms with van der Waals surface area (Å²) >= 11 is 0. The summed E-state index contributed by atoms with van der Waals surface area (Å²) in [4.78, 5) is 0. The summed E-state index contributed by atoms with van der Waals surface area (Å²) < 4.78 is 52.2.